The summed E-state index contributed by atoms with van der Waals surface area (Å²) in [6.45, 7) is 0.873. The molecule has 2 nitrogen and oxygen atoms in total. The zero-order valence-electron chi connectivity index (χ0n) is 26.3. The molecule has 0 saturated heterocycles. The van der Waals surface area contributed by atoms with Crippen LogP contribution in [-0.4, -0.2) is 0 Å². The Morgan fingerprint density at radius 1 is 0.479 bits per heavy atom. The highest BCUT2D eigenvalue weighted by molar-refractivity contribution is 7.25. The first-order chi connectivity index (χ1) is 23.8. The molecule has 7 aromatic carbocycles. The number of nitrogens with zero attached hydrogens (tertiary/aromatic N) is 1. The molecule has 0 unspecified atom stereocenters. The standard InChI is InChI=1S/C45H32N2S/c1-3-9-31(10-4-1)32-15-17-33(18-16-32)34-19-21-38(22-20-34)47(43-14-8-7-13-40(43)35-11-5-2-6-12-35)39-23-24-41-42-27-36-25-26-46-30-37(36)28-44(42)48-45(41)29-39/h1-29,46H,30H2. The smallest absolute Gasteiger partial charge is 0.0540 e. The molecular weight excluding hydrogens is 601 g/mol. The maximum Gasteiger partial charge on any atom is 0.0540 e. The second-order valence-corrected chi connectivity index (χ2v) is 13.3. The summed E-state index contributed by atoms with van der Waals surface area (Å²) >= 11 is 1.88. The Morgan fingerprint density at radius 3 is 1.79 bits per heavy atom. The largest absolute Gasteiger partial charge is 0.387 e. The van der Waals surface area contributed by atoms with Crippen molar-refractivity contribution in [3.05, 3.63) is 181 Å². The molecule has 2 heterocycles. The molecule has 9 rings (SSSR count). The molecular formula is C45H32N2S. The maximum absolute atomic E-state index is 3.36. The number of rotatable bonds is 6. The van der Waals surface area contributed by atoms with Crippen molar-refractivity contribution < 1.29 is 0 Å². The highest BCUT2D eigenvalue weighted by atomic mass is 32.1. The van der Waals surface area contributed by atoms with Crippen LogP contribution in [0.15, 0.2) is 170 Å². The van der Waals surface area contributed by atoms with Gasteiger partial charge in [-0.1, -0.05) is 121 Å². The third-order valence-electron chi connectivity index (χ3n) is 9.33. The van der Waals surface area contributed by atoms with E-state index in [1.807, 2.05) is 17.5 Å². The zero-order chi connectivity index (χ0) is 31.9. The van der Waals surface area contributed by atoms with Crippen LogP contribution in [0.1, 0.15) is 11.1 Å². The van der Waals surface area contributed by atoms with Crippen molar-refractivity contribution in [2.45, 2.75) is 6.54 Å². The van der Waals surface area contributed by atoms with Crippen LogP contribution in [0.4, 0.5) is 17.1 Å². The van der Waals surface area contributed by atoms with E-state index >= 15 is 0 Å². The molecule has 0 atom stereocenters. The van der Waals surface area contributed by atoms with Crippen LogP contribution in [0.2, 0.25) is 0 Å². The summed E-state index contributed by atoms with van der Waals surface area (Å²) in [6.07, 6.45) is 4.23. The van der Waals surface area contributed by atoms with Gasteiger partial charge in [-0.3, -0.25) is 0 Å². The van der Waals surface area contributed by atoms with Crippen LogP contribution in [0.5, 0.6) is 0 Å². The zero-order valence-corrected chi connectivity index (χ0v) is 27.1. The summed E-state index contributed by atoms with van der Waals surface area (Å²) in [5, 5.41) is 5.99. The van der Waals surface area contributed by atoms with Crippen LogP contribution < -0.4 is 10.2 Å². The average molecular weight is 633 g/mol. The van der Waals surface area contributed by atoms with E-state index in [0.29, 0.717) is 0 Å². The number of anilines is 3. The first-order valence-electron chi connectivity index (χ1n) is 16.4. The van der Waals surface area contributed by atoms with Gasteiger partial charge in [-0.25, -0.2) is 0 Å². The number of fused-ring (bicyclic) bond motifs is 4. The Bertz CT molecular complexity index is 2420. The monoisotopic (exact) mass is 632 g/mol. The summed E-state index contributed by atoms with van der Waals surface area (Å²) in [4.78, 5) is 2.41. The van der Waals surface area contributed by atoms with Gasteiger partial charge in [0.15, 0.2) is 0 Å². The van der Waals surface area contributed by atoms with Crippen molar-refractivity contribution in [2.24, 2.45) is 0 Å². The molecule has 1 N–H and O–H groups in total. The van der Waals surface area contributed by atoms with Crippen LogP contribution in [0.3, 0.4) is 0 Å². The van der Waals surface area contributed by atoms with E-state index in [9.17, 15) is 0 Å². The molecule has 0 fully saturated rings. The molecule has 0 spiro atoms. The summed E-state index contributed by atoms with van der Waals surface area (Å²) in [5.41, 5.74) is 13.3. The second kappa shape index (κ2) is 12.0. The van der Waals surface area contributed by atoms with Crippen molar-refractivity contribution in [3.63, 3.8) is 0 Å². The second-order valence-electron chi connectivity index (χ2n) is 12.3. The van der Waals surface area contributed by atoms with Gasteiger partial charge in [0.05, 0.1) is 5.69 Å². The predicted octanol–water partition coefficient (Wildman–Crippen LogP) is 12.6. The number of nitrogens with one attached hydrogen (secondary N) is 1. The van der Waals surface area contributed by atoms with Crippen molar-refractivity contribution in [1.29, 1.82) is 0 Å². The summed E-state index contributed by atoms with van der Waals surface area (Å²) in [6, 6.07) is 59.5. The third kappa shape index (κ3) is 5.15. The molecule has 8 aromatic rings. The van der Waals surface area contributed by atoms with Gasteiger partial charge < -0.3 is 10.2 Å². The Kier molecular flexibility index (Phi) is 7.10. The quantitative estimate of drug-likeness (QED) is 0.196. The van der Waals surface area contributed by atoms with E-state index < -0.39 is 0 Å². The van der Waals surface area contributed by atoms with Gasteiger partial charge in [0, 0.05) is 43.7 Å². The lowest BCUT2D eigenvalue weighted by Gasteiger charge is -2.28. The molecule has 48 heavy (non-hydrogen) atoms. The molecule has 0 amide bonds. The minimum absolute atomic E-state index is 0.873. The van der Waals surface area contributed by atoms with E-state index in [4.69, 9.17) is 0 Å². The molecule has 1 aromatic heterocycles. The molecule has 0 bridgehead atoms. The van der Waals surface area contributed by atoms with Gasteiger partial charge in [-0.15, -0.1) is 11.3 Å². The van der Waals surface area contributed by atoms with Gasteiger partial charge in [-0.2, -0.15) is 0 Å². The lowest BCUT2D eigenvalue weighted by atomic mass is 9.99. The minimum atomic E-state index is 0.873. The third-order valence-corrected chi connectivity index (χ3v) is 10.4. The van der Waals surface area contributed by atoms with Crippen molar-refractivity contribution in [1.82, 2.24) is 5.32 Å². The van der Waals surface area contributed by atoms with Crippen molar-refractivity contribution in [2.75, 3.05) is 4.90 Å². The minimum Gasteiger partial charge on any atom is -0.387 e. The Hall–Kier alpha value is -5.90. The van der Waals surface area contributed by atoms with Gasteiger partial charge >= 0.3 is 0 Å². The predicted molar refractivity (Wildman–Crippen MR) is 206 cm³/mol. The van der Waals surface area contributed by atoms with Crippen molar-refractivity contribution in [3.8, 4) is 33.4 Å². The fourth-order valence-electron chi connectivity index (χ4n) is 6.88. The fraction of sp³-hybridized carbons (Fsp3) is 0.0222. The van der Waals surface area contributed by atoms with E-state index in [2.05, 4.69) is 180 Å². The molecule has 0 radical (unpaired) electrons. The van der Waals surface area contributed by atoms with Crippen LogP contribution in [0, 0.1) is 0 Å². The van der Waals surface area contributed by atoms with Gasteiger partial charge in [0.1, 0.15) is 0 Å². The van der Waals surface area contributed by atoms with Crippen LogP contribution in [-0.2, 0) is 6.54 Å². The lowest BCUT2D eigenvalue weighted by molar-refractivity contribution is 0.861. The van der Waals surface area contributed by atoms with Gasteiger partial charge in [0.25, 0.3) is 0 Å². The highest BCUT2D eigenvalue weighted by Crippen LogP contribution is 2.44. The summed E-state index contributed by atoms with van der Waals surface area (Å²) < 4.78 is 2.62. The number of thiophene rings is 1. The van der Waals surface area contributed by atoms with Crippen molar-refractivity contribution >= 4 is 54.6 Å². The lowest BCUT2D eigenvalue weighted by Crippen LogP contribution is -2.11. The van der Waals surface area contributed by atoms with E-state index in [0.717, 1.165) is 23.6 Å². The Morgan fingerprint density at radius 2 is 1.06 bits per heavy atom. The average Bonchev–Trinajstić information content (AvgIpc) is 3.52. The topological polar surface area (TPSA) is 15.3 Å². The molecule has 228 valence electrons. The SMILES string of the molecule is C1=Cc2cc3c(cc2CN1)sc1cc(N(c2ccc(-c4ccc(-c5ccccc5)cc4)cc2)c2ccccc2-c2ccccc2)ccc13. The maximum atomic E-state index is 3.36. The molecule has 0 aliphatic carbocycles. The Labute approximate surface area is 284 Å². The normalized spacial score (nSPS) is 12.2. The number of hydrogen-bond donors (Lipinski definition) is 1. The van der Waals surface area contributed by atoms with Gasteiger partial charge in [0.2, 0.25) is 0 Å². The van der Waals surface area contributed by atoms with Crippen LogP contribution >= 0.6 is 11.3 Å². The Balaban J connectivity index is 1.15. The van der Waals surface area contributed by atoms with E-state index in [1.54, 1.807) is 0 Å². The molecule has 1 aliphatic rings. The molecule has 0 saturated carbocycles. The van der Waals surface area contributed by atoms with E-state index in [-0.39, 0.29) is 0 Å². The number of hydrogen-bond acceptors (Lipinski definition) is 3. The molecule has 3 heteroatoms. The number of benzene rings is 7. The van der Waals surface area contributed by atoms with E-state index in [1.165, 1.54) is 64.7 Å². The highest BCUT2D eigenvalue weighted by Gasteiger charge is 2.19. The van der Waals surface area contributed by atoms with Gasteiger partial charge in [-0.05, 0) is 93.7 Å². The first-order valence-corrected chi connectivity index (χ1v) is 17.2. The summed E-state index contributed by atoms with van der Waals surface area (Å²) in [5.74, 6) is 0. The molecule has 1 aliphatic heterocycles. The number of para-hydroxylation sites is 1. The fourth-order valence-corrected chi connectivity index (χ4v) is 8.07. The van der Waals surface area contributed by atoms with Crippen LogP contribution in [0.25, 0.3) is 59.6 Å². The first kappa shape index (κ1) is 28.3. The summed E-state index contributed by atoms with van der Waals surface area (Å²) in [7, 11) is 0.